The summed E-state index contributed by atoms with van der Waals surface area (Å²) in [5.74, 6) is 0. The lowest BCUT2D eigenvalue weighted by Gasteiger charge is -2.28. The molecule has 0 spiro atoms. The SMILES string of the molecule is O[C@H](CN1CCCCC1)c1ccc2cc[nH]c2c1. The maximum Gasteiger partial charge on any atom is 0.0917 e. The molecule has 1 aliphatic rings. The minimum atomic E-state index is -0.379. The van der Waals surface area contributed by atoms with E-state index in [1.165, 1.54) is 24.6 Å². The summed E-state index contributed by atoms with van der Waals surface area (Å²) in [4.78, 5) is 5.56. The molecule has 3 nitrogen and oxygen atoms in total. The first-order valence-corrected chi connectivity index (χ1v) is 6.80. The van der Waals surface area contributed by atoms with Gasteiger partial charge in [0.25, 0.3) is 0 Å². The first kappa shape index (κ1) is 11.8. The zero-order valence-corrected chi connectivity index (χ0v) is 10.6. The number of nitrogens with zero attached hydrogens (tertiary/aromatic N) is 1. The fourth-order valence-electron chi connectivity index (χ4n) is 2.76. The van der Waals surface area contributed by atoms with Crippen LogP contribution in [0.1, 0.15) is 30.9 Å². The molecule has 0 aliphatic carbocycles. The predicted octanol–water partition coefficient (Wildman–Crippen LogP) is 2.69. The van der Waals surface area contributed by atoms with Gasteiger partial charge in [0.2, 0.25) is 0 Å². The van der Waals surface area contributed by atoms with Gasteiger partial charge in [-0.1, -0.05) is 18.6 Å². The summed E-state index contributed by atoms with van der Waals surface area (Å²) in [6.45, 7) is 3.01. The number of benzene rings is 1. The molecule has 0 radical (unpaired) electrons. The van der Waals surface area contributed by atoms with Crippen LogP contribution in [-0.2, 0) is 0 Å². The maximum atomic E-state index is 10.3. The fraction of sp³-hybridized carbons (Fsp3) is 0.467. The zero-order chi connectivity index (χ0) is 12.4. The van der Waals surface area contributed by atoms with Crippen LogP contribution in [0.2, 0.25) is 0 Å². The zero-order valence-electron chi connectivity index (χ0n) is 10.6. The number of rotatable bonds is 3. The van der Waals surface area contributed by atoms with E-state index in [0.29, 0.717) is 0 Å². The lowest BCUT2D eigenvalue weighted by molar-refractivity contribution is 0.102. The third kappa shape index (κ3) is 2.42. The van der Waals surface area contributed by atoms with Crippen molar-refractivity contribution in [3.8, 4) is 0 Å². The lowest BCUT2D eigenvalue weighted by Crippen LogP contribution is -2.33. The standard InChI is InChI=1S/C15H20N2O/c18-15(11-17-8-2-1-3-9-17)13-5-4-12-6-7-16-14(12)10-13/h4-7,10,15-16,18H,1-3,8-9,11H2/t15-/m1/s1. The highest BCUT2D eigenvalue weighted by Gasteiger charge is 2.16. The highest BCUT2D eigenvalue weighted by molar-refractivity contribution is 5.79. The third-order valence-electron chi connectivity index (χ3n) is 3.84. The summed E-state index contributed by atoms with van der Waals surface area (Å²) in [6, 6.07) is 8.21. The van der Waals surface area contributed by atoms with Gasteiger partial charge in [0.1, 0.15) is 0 Å². The number of hydrogen-bond acceptors (Lipinski definition) is 2. The summed E-state index contributed by atoms with van der Waals surface area (Å²) in [5.41, 5.74) is 2.11. The van der Waals surface area contributed by atoms with Gasteiger partial charge in [-0.3, -0.25) is 0 Å². The van der Waals surface area contributed by atoms with E-state index in [1.807, 2.05) is 12.3 Å². The van der Waals surface area contributed by atoms with Gasteiger partial charge in [0.05, 0.1) is 6.10 Å². The summed E-state index contributed by atoms with van der Waals surface area (Å²) >= 11 is 0. The number of aliphatic hydroxyl groups is 1. The first-order chi connectivity index (χ1) is 8.83. The van der Waals surface area contributed by atoms with Crippen molar-refractivity contribution in [2.24, 2.45) is 0 Å². The van der Waals surface area contributed by atoms with E-state index in [4.69, 9.17) is 0 Å². The molecule has 2 aromatic rings. The van der Waals surface area contributed by atoms with Gasteiger partial charge in [-0.05, 0) is 49.0 Å². The van der Waals surface area contributed by atoms with Crippen molar-refractivity contribution in [3.05, 3.63) is 36.0 Å². The highest BCUT2D eigenvalue weighted by Crippen LogP contribution is 2.21. The lowest BCUT2D eigenvalue weighted by atomic mass is 10.1. The number of fused-ring (bicyclic) bond motifs is 1. The molecular formula is C15H20N2O. The van der Waals surface area contributed by atoms with E-state index in [-0.39, 0.29) is 6.10 Å². The van der Waals surface area contributed by atoms with E-state index >= 15 is 0 Å². The van der Waals surface area contributed by atoms with Crippen LogP contribution in [0.15, 0.2) is 30.5 Å². The fourth-order valence-corrected chi connectivity index (χ4v) is 2.76. The van der Waals surface area contributed by atoms with Crippen LogP contribution >= 0.6 is 0 Å². The molecule has 3 rings (SSSR count). The normalized spacial score (nSPS) is 19.2. The van der Waals surface area contributed by atoms with Crippen molar-refractivity contribution in [1.29, 1.82) is 0 Å². The average molecular weight is 244 g/mol. The topological polar surface area (TPSA) is 39.3 Å². The van der Waals surface area contributed by atoms with Crippen molar-refractivity contribution in [3.63, 3.8) is 0 Å². The number of likely N-dealkylation sites (tertiary alicyclic amines) is 1. The molecule has 1 atom stereocenters. The van der Waals surface area contributed by atoms with Crippen molar-refractivity contribution < 1.29 is 5.11 Å². The number of aliphatic hydroxyl groups excluding tert-OH is 1. The largest absolute Gasteiger partial charge is 0.387 e. The first-order valence-electron chi connectivity index (χ1n) is 6.80. The van der Waals surface area contributed by atoms with Gasteiger partial charge in [-0.15, -0.1) is 0 Å². The minimum Gasteiger partial charge on any atom is -0.387 e. The Morgan fingerprint density at radius 3 is 2.83 bits per heavy atom. The second-order valence-electron chi connectivity index (χ2n) is 5.20. The second kappa shape index (κ2) is 5.12. The van der Waals surface area contributed by atoms with Crippen molar-refractivity contribution in [2.45, 2.75) is 25.4 Å². The van der Waals surface area contributed by atoms with Gasteiger partial charge < -0.3 is 15.0 Å². The Morgan fingerprint density at radius 1 is 1.17 bits per heavy atom. The maximum absolute atomic E-state index is 10.3. The number of piperidine rings is 1. The predicted molar refractivity (Wildman–Crippen MR) is 73.5 cm³/mol. The molecule has 0 bridgehead atoms. The summed E-state index contributed by atoms with van der Waals surface area (Å²) < 4.78 is 0. The molecule has 0 saturated carbocycles. The number of H-pyrrole nitrogens is 1. The van der Waals surface area contributed by atoms with Gasteiger partial charge >= 0.3 is 0 Å². The highest BCUT2D eigenvalue weighted by atomic mass is 16.3. The van der Waals surface area contributed by atoms with E-state index < -0.39 is 0 Å². The van der Waals surface area contributed by atoms with Crippen LogP contribution in [0.3, 0.4) is 0 Å². The van der Waals surface area contributed by atoms with Crippen LogP contribution in [0.4, 0.5) is 0 Å². The van der Waals surface area contributed by atoms with E-state index in [2.05, 4.69) is 28.1 Å². The quantitative estimate of drug-likeness (QED) is 0.871. The Bertz CT molecular complexity index is 514. The molecule has 1 saturated heterocycles. The Morgan fingerprint density at radius 2 is 2.00 bits per heavy atom. The molecule has 1 aromatic carbocycles. The summed E-state index contributed by atoms with van der Waals surface area (Å²) in [6.07, 6.45) is 5.42. The van der Waals surface area contributed by atoms with Crippen LogP contribution in [0.5, 0.6) is 0 Å². The Hall–Kier alpha value is -1.32. The van der Waals surface area contributed by atoms with E-state index in [9.17, 15) is 5.11 Å². The average Bonchev–Trinajstić information content (AvgIpc) is 2.87. The molecule has 0 unspecified atom stereocenters. The Balaban J connectivity index is 1.72. The molecule has 3 heteroatoms. The summed E-state index contributed by atoms with van der Waals surface area (Å²) in [7, 11) is 0. The molecule has 2 N–H and O–H groups in total. The molecule has 1 fully saturated rings. The Labute approximate surface area is 107 Å². The molecule has 1 aliphatic heterocycles. The van der Waals surface area contributed by atoms with Crippen molar-refractivity contribution in [2.75, 3.05) is 19.6 Å². The number of aromatic nitrogens is 1. The van der Waals surface area contributed by atoms with Crippen LogP contribution in [-0.4, -0.2) is 34.6 Å². The molecular weight excluding hydrogens is 224 g/mol. The summed E-state index contributed by atoms with van der Waals surface area (Å²) in [5, 5.41) is 11.5. The Kier molecular flexibility index (Phi) is 3.35. The third-order valence-corrected chi connectivity index (χ3v) is 3.84. The molecule has 1 aromatic heterocycles. The minimum absolute atomic E-state index is 0.379. The van der Waals surface area contributed by atoms with Crippen LogP contribution in [0.25, 0.3) is 10.9 Å². The monoisotopic (exact) mass is 244 g/mol. The molecule has 2 heterocycles. The molecule has 96 valence electrons. The van der Waals surface area contributed by atoms with E-state index in [1.54, 1.807) is 0 Å². The second-order valence-corrected chi connectivity index (χ2v) is 5.20. The van der Waals surface area contributed by atoms with Gasteiger partial charge in [0.15, 0.2) is 0 Å². The number of β-amino-alcohol motifs (C(OH)–C–C–N with tert-alkyl or cyclic N) is 1. The van der Waals surface area contributed by atoms with E-state index in [0.717, 1.165) is 30.7 Å². The van der Waals surface area contributed by atoms with Gasteiger partial charge in [0, 0.05) is 18.3 Å². The molecule has 18 heavy (non-hydrogen) atoms. The van der Waals surface area contributed by atoms with Crippen LogP contribution < -0.4 is 0 Å². The van der Waals surface area contributed by atoms with Crippen molar-refractivity contribution >= 4 is 10.9 Å². The number of hydrogen-bond donors (Lipinski definition) is 2. The number of nitrogens with one attached hydrogen (secondary N) is 1. The smallest absolute Gasteiger partial charge is 0.0917 e. The number of aromatic amines is 1. The van der Waals surface area contributed by atoms with Crippen LogP contribution in [0, 0.1) is 0 Å². The van der Waals surface area contributed by atoms with Crippen molar-refractivity contribution in [1.82, 2.24) is 9.88 Å². The molecule has 0 amide bonds. The van der Waals surface area contributed by atoms with Gasteiger partial charge in [-0.25, -0.2) is 0 Å². The van der Waals surface area contributed by atoms with Gasteiger partial charge in [-0.2, -0.15) is 0 Å².